The topological polar surface area (TPSA) is 132 Å². The fourth-order valence-electron chi connectivity index (χ4n) is 2.96. The van der Waals surface area contributed by atoms with Crippen LogP contribution in [-0.4, -0.2) is 37.3 Å². The molecule has 0 saturated heterocycles. The zero-order valence-electron chi connectivity index (χ0n) is 18.2. The van der Waals surface area contributed by atoms with E-state index in [2.05, 4.69) is 27.4 Å². The van der Waals surface area contributed by atoms with Crippen LogP contribution in [0.25, 0.3) is 0 Å². The number of amides is 2. The zero-order valence-corrected chi connectivity index (χ0v) is 19.7. The largest absolute Gasteiger partial charge is 0.325 e. The molecule has 2 amide bonds. The summed E-state index contributed by atoms with van der Waals surface area (Å²) in [6.45, 7) is 5.97. The number of nitro benzene ring substituents is 1. The van der Waals surface area contributed by atoms with E-state index in [4.69, 9.17) is 11.6 Å². The first-order valence-electron chi connectivity index (χ1n) is 10.0. The number of nitrogens with zero attached hydrogens (tertiary/aromatic N) is 4. The highest BCUT2D eigenvalue weighted by atomic mass is 35.5. The van der Waals surface area contributed by atoms with Crippen LogP contribution in [0.1, 0.15) is 11.4 Å². The Morgan fingerprint density at radius 1 is 1.18 bits per heavy atom. The molecule has 0 fully saturated rings. The number of nitrogens with one attached hydrogen (secondary N) is 2. The van der Waals surface area contributed by atoms with Crippen molar-refractivity contribution in [2.75, 3.05) is 16.4 Å². The Morgan fingerprint density at radius 2 is 1.91 bits per heavy atom. The van der Waals surface area contributed by atoms with Gasteiger partial charge in [-0.1, -0.05) is 47.6 Å². The Hall–Kier alpha value is -3.70. The first-order valence-corrected chi connectivity index (χ1v) is 11.4. The first kappa shape index (κ1) is 24.9. The summed E-state index contributed by atoms with van der Waals surface area (Å²) >= 11 is 7.13. The molecule has 0 spiro atoms. The van der Waals surface area contributed by atoms with Crippen molar-refractivity contribution in [3.63, 3.8) is 0 Å². The Balaban J connectivity index is 1.65. The van der Waals surface area contributed by atoms with Crippen molar-refractivity contribution in [3.8, 4) is 0 Å². The van der Waals surface area contributed by atoms with Crippen LogP contribution in [0.2, 0.25) is 5.02 Å². The number of hydrogen-bond acceptors (Lipinski definition) is 7. The van der Waals surface area contributed by atoms with Gasteiger partial charge in [0.25, 0.3) is 5.69 Å². The maximum atomic E-state index is 12.5. The van der Waals surface area contributed by atoms with Crippen molar-refractivity contribution < 1.29 is 14.5 Å². The van der Waals surface area contributed by atoms with Gasteiger partial charge in [-0.3, -0.25) is 19.7 Å². The van der Waals surface area contributed by atoms with Gasteiger partial charge in [0.15, 0.2) is 5.16 Å². The number of halogens is 1. The SMILES string of the molecule is C=CCn1c(CC(=O)Nc2ccccc2C)nnc1SCC(=O)Nc1cc([N+](=O)[O-])ccc1Cl. The molecule has 0 saturated carbocycles. The number of para-hydroxylation sites is 1. The van der Waals surface area contributed by atoms with Gasteiger partial charge in [-0.05, 0) is 24.6 Å². The number of carbonyl (C=O) groups excluding carboxylic acids is 2. The summed E-state index contributed by atoms with van der Waals surface area (Å²) in [7, 11) is 0. The van der Waals surface area contributed by atoms with Crippen LogP contribution in [0.3, 0.4) is 0 Å². The van der Waals surface area contributed by atoms with E-state index >= 15 is 0 Å². The number of rotatable bonds is 10. The number of aromatic nitrogens is 3. The molecule has 10 nitrogen and oxygen atoms in total. The highest BCUT2D eigenvalue weighted by Gasteiger charge is 2.18. The predicted molar refractivity (Wildman–Crippen MR) is 131 cm³/mol. The minimum absolute atomic E-state index is 0.00871. The molecule has 3 aromatic rings. The Bertz CT molecular complexity index is 1250. The summed E-state index contributed by atoms with van der Waals surface area (Å²) in [4.78, 5) is 35.3. The third kappa shape index (κ3) is 6.42. The van der Waals surface area contributed by atoms with Crippen LogP contribution in [0.5, 0.6) is 0 Å². The summed E-state index contributed by atoms with van der Waals surface area (Å²) in [6, 6.07) is 11.2. The van der Waals surface area contributed by atoms with Gasteiger partial charge in [0.2, 0.25) is 11.8 Å². The lowest BCUT2D eigenvalue weighted by atomic mass is 10.2. The summed E-state index contributed by atoms with van der Waals surface area (Å²) in [5, 5.41) is 25.2. The number of benzene rings is 2. The summed E-state index contributed by atoms with van der Waals surface area (Å²) in [5.74, 6) is -0.305. The minimum Gasteiger partial charge on any atom is -0.325 e. The molecule has 0 bridgehead atoms. The molecule has 0 aliphatic rings. The van der Waals surface area contributed by atoms with Gasteiger partial charge in [-0.2, -0.15) is 0 Å². The second-order valence-electron chi connectivity index (χ2n) is 7.10. The van der Waals surface area contributed by atoms with Gasteiger partial charge in [0, 0.05) is 24.4 Å². The molecule has 1 aromatic heterocycles. The predicted octanol–water partition coefficient (Wildman–Crippen LogP) is 4.25. The smallest absolute Gasteiger partial charge is 0.271 e. The number of non-ortho nitro benzene ring substituents is 1. The van der Waals surface area contributed by atoms with Crippen molar-refractivity contribution >= 4 is 52.2 Å². The number of carbonyl (C=O) groups is 2. The molecule has 0 atom stereocenters. The minimum atomic E-state index is -0.574. The highest BCUT2D eigenvalue weighted by molar-refractivity contribution is 7.99. The second kappa shape index (κ2) is 11.4. The van der Waals surface area contributed by atoms with Gasteiger partial charge in [0.05, 0.1) is 27.8 Å². The van der Waals surface area contributed by atoms with Gasteiger partial charge in [0.1, 0.15) is 5.82 Å². The van der Waals surface area contributed by atoms with Crippen molar-refractivity contribution in [2.45, 2.75) is 25.0 Å². The molecule has 1 heterocycles. The molecule has 176 valence electrons. The van der Waals surface area contributed by atoms with E-state index in [0.29, 0.717) is 23.2 Å². The van der Waals surface area contributed by atoms with Crippen LogP contribution in [0, 0.1) is 17.0 Å². The Morgan fingerprint density at radius 3 is 2.62 bits per heavy atom. The molecule has 12 heteroatoms. The van der Waals surface area contributed by atoms with E-state index in [9.17, 15) is 19.7 Å². The standard InChI is InChI=1S/C22H21ClN6O4S/c1-3-10-28-19(12-20(30)24-17-7-5-4-6-14(17)2)26-27-22(28)34-13-21(31)25-18-11-15(29(32)33)8-9-16(18)23/h3-9,11H,1,10,12-13H2,2H3,(H,24,30)(H,25,31). The van der Waals surface area contributed by atoms with Crippen LogP contribution in [0.15, 0.2) is 60.3 Å². The van der Waals surface area contributed by atoms with Crippen LogP contribution >= 0.6 is 23.4 Å². The number of thioether (sulfide) groups is 1. The number of anilines is 2. The van der Waals surface area contributed by atoms with Crippen LogP contribution in [-0.2, 0) is 22.6 Å². The zero-order chi connectivity index (χ0) is 24.7. The van der Waals surface area contributed by atoms with Crippen molar-refractivity contribution in [1.29, 1.82) is 0 Å². The van der Waals surface area contributed by atoms with Gasteiger partial charge in [-0.25, -0.2) is 0 Å². The van der Waals surface area contributed by atoms with Crippen molar-refractivity contribution in [3.05, 3.63) is 81.6 Å². The number of aryl methyl sites for hydroxylation is 1. The van der Waals surface area contributed by atoms with E-state index in [-0.39, 0.29) is 34.5 Å². The lowest BCUT2D eigenvalue weighted by Crippen LogP contribution is -2.18. The molecule has 0 aliphatic carbocycles. The summed E-state index contributed by atoms with van der Waals surface area (Å²) < 4.78 is 1.70. The van der Waals surface area contributed by atoms with Crippen LogP contribution in [0.4, 0.5) is 17.1 Å². The lowest BCUT2D eigenvalue weighted by molar-refractivity contribution is -0.384. The maximum Gasteiger partial charge on any atom is 0.271 e. The molecule has 2 aromatic carbocycles. The van der Waals surface area contributed by atoms with E-state index in [1.807, 2.05) is 31.2 Å². The molecule has 2 N–H and O–H groups in total. The number of hydrogen-bond donors (Lipinski definition) is 2. The number of allylic oxidation sites excluding steroid dienone is 1. The Kier molecular flexibility index (Phi) is 8.39. The Labute approximate surface area is 204 Å². The van der Waals surface area contributed by atoms with E-state index in [0.717, 1.165) is 17.3 Å². The van der Waals surface area contributed by atoms with Gasteiger partial charge in [-0.15, -0.1) is 16.8 Å². The molecule has 34 heavy (non-hydrogen) atoms. The number of nitro groups is 1. The summed E-state index contributed by atoms with van der Waals surface area (Å²) in [6.07, 6.45) is 1.63. The highest BCUT2D eigenvalue weighted by Crippen LogP contribution is 2.27. The fraction of sp³-hybridized carbons (Fsp3) is 0.182. The normalized spacial score (nSPS) is 10.5. The third-order valence-corrected chi connectivity index (χ3v) is 5.91. The maximum absolute atomic E-state index is 12.5. The molecule has 0 unspecified atom stereocenters. The fourth-order valence-corrected chi connectivity index (χ4v) is 3.89. The summed E-state index contributed by atoms with van der Waals surface area (Å²) in [5.41, 5.74) is 1.61. The van der Waals surface area contributed by atoms with Crippen LogP contribution < -0.4 is 10.6 Å². The molecule has 0 aliphatic heterocycles. The molecule has 0 radical (unpaired) electrons. The molecule has 3 rings (SSSR count). The quantitative estimate of drug-likeness (QED) is 0.184. The molecular weight excluding hydrogens is 480 g/mol. The van der Waals surface area contributed by atoms with Crippen molar-refractivity contribution in [1.82, 2.24) is 14.8 Å². The average molecular weight is 501 g/mol. The van der Waals surface area contributed by atoms with E-state index in [1.54, 1.807) is 10.6 Å². The van der Waals surface area contributed by atoms with E-state index < -0.39 is 10.8 Å². The first-order chi connectivity index (χ1) is 16.3. The monoisotopic (exact) mass is 500 g/mol. The third-order valence-electron chi connectivity index (χ3n) is 4.61. The van der Waals surface area contributed by atoms with Gasteiger partial charge >= 0.3 is 0 Å². The second-order valence-corrected chi connectivity index (χ2v) is 8.45. The lowest BCUT2D eigenvalue weighted by Gasteiger charge is -2.10. The van der Waals surface area contributed by atoms with Gasteiger partial charge < -0.3 is 15.2 Å². The average Bonchev–Trinajstić information content (AvgIpc) is 3.16. The molecular formula is C22H21ClN6O4S. The van der Waals surface area contributed by atoms with E-state index in [1.165, 1.54) is 18.2 Å². The van der Waals surface area contributed by atoms with Crippen molar-refractivity contribution in [2.24, 2.45) is 0 Å².